The quantitative estimate of drug-likeness (QED) is 0.725. The van der Waals surface area contributed by atoms with Crippen molar-refractivity contribution < 1.29 is 14.3 Å². The summed E-state index contributed by atoms with van der Waals surface area (Å²) in [6.07, 6.45) is 4.53. The van der Waals surface area contributed by atoms with Crippen LogP contribution in [0.15, 0.2) is 60.8 Å². The van der Waals surface area contributed by atoms with Crippen molar-refractivity contribution >= 4 is 5.97 Å². The highest BCUT2D eigenvalue weighted by atomic mass is 19.1. The third kappa shape index (κ3) is 3.82. The fourth-order valence-corrected chi connectivity index (χ4v) is 3.77. The van der Waals surface area contributed by atoms with E-state index in [1.165, 1.54) is 12.1 Å². The summed E-state index contributed by atoms with van der Waals surface area (Å²) in [7, 11) is 0. The second-order valence-corrected chi connectivity index (χ2v) is 7.11. The van der Waals surface area contributed by atoms with Gasteiger partial charge in [-0.15, -0.1) is 0 Å². The second kappa shape index (κ2) is 7.94. The van der Waals surface area contributed by atoms with Crippen LogP contribution in [0.25, 0.3) is 16.9 Å². The minimum Gasteiger partial charge on any atom is -0.480 e. The number of hydrogen-bond donors (Lipinski definition) is 1. The average molecular weight is 379 g/mol. The van der Waals surface area contributed by atoms with Gasteiger partial charge in [0.15, 0.2) is 0 Å². The van der Waals surface area contributed by atoms with Gasteiger partial charge in [0.1, 0.15) is 11.9 Å². The molecule has 1 unspecified atom stereocenters. The molecule has 1 aliphatic rings. The molecule has 0 radical (unpaired) electrons. The summed E-state index contributed by atoms with van der Waals surface area (Å²) in [6, 6.07) is 15.5. The fraction of sp³-hybridized carbons (Fsp3) is 0.273. The normalized spacial score (nSPS) is 17.5. The number of carbonyl (C=O) groups is 1. The number of para-hydroxylation sites is 1. The van der Waals surface area contributed by atoms with Gasteiger partial charge in [0, 0.05) is 23.9 Å². The van der Waals surface area contributed by atoms with Gasteiger partial charge in [-0.2, -0.15) is 5.10 Å². The Morgan fingerprint density at radius 3 is 2.57 bits per heavy atom. The Morgan fingerprint density at radius 2 is 1.86 bits per heavy atom. The number of piperidine rings is 1. The Labute approximate surface area is 163 Å². The molecule has 0 bridgehead atoms. The minimum absolute atomic E-state index is 0.297. The molecule has 0 aliphatic carbocycles. The molecule has 4 rings (SSSR count). The Morgan fingerprint density at radius 1 is 1.11 bits per heavy atom. The number of rotatable bonds is 5. The molecule has 1 aliphatic heterocycles. The molecule has 5 nitrogen and oxygen atoms in total. The molecular formula is C22H22FN3O2. The van der Waals surface area contributed by atoms with Gasteiger partial charge in [0.25, 0.3) is 0 Å². The highest BCUT2D eigenvalue weighted by Crippen LogP contribution is 2.28. The summed E-state index contributed by atoms with van der Waals surface area (Å²) in [6.45, 7) is 1.24. The SMILES string of the molecule is O=C(O)C1CCCCN1Cc1cn(-c2ccccc2)nc1-c1ccc(F)cc1. The molecule has 6 heteroatoms. The Bertz CT molecular complexity index is 954. The van der Waals surface area contributed by atoms with E-state index in [9.17, 15) is 14.3 Å². The van der Waals surface area contributed by atoms with Crippen molar-refractivity contribution in [3.05, 3.63) is 72.2 Å². The van der Waals surface area contributed by atoms with Gasteiger partial charge in [-0.05, 0) is 55.8 Å². The van der Waals surface area contributed by atoms with Gasteiger partial charge in [-0.25, -0.2) is 9.07 Å². The first-order valence-electron chi connectivity index (χ1n) is 9.48. The molecule has 1 aromatic heterocycles. The van der Waals surface area contributed by atoms with Crippen LogP contribution in [0.3, 0.4) is 0 Å². The lowest BCUT2D eigenvalue weighted by molar-refractivity contribution is -0.144. The van der Waals surface area contributed by atoms with E-state index < -0.39 is 12.0 Å². The highest BCUT2D eigenvalue weighted by Gasteiger charge is 2.29. The van der Waals surface area contributed by atoms with Gasteiger partial charge in [-0.3, -0.25) is 9.69 Å². The van der Waals surface area contributed by atoms with Crippen molar-refractivity contribution in [2.45, 2.75) is 31.8 Å². The lowest BCUT2D eigenvalue weighted by atomic mass is 10.0. The van der Waals surface area contributed by atoms with E-state index in [4.69, 9.17) is 5.10 Å². The van der Waals surface area contributed by atoms with Crippen LogP contribution in [-0.2, 0) is 11.3 Å². The van der Waals surface area contributed by atoms with Crippen LogP contribution < -0.4 is 0 Å². The smallest absolute Gasteiger partial charge is 0.320 e. The summed E-state index contributed by atoms with van der Waals surface area (Å²) in [4.78, 5) is 13.7. The van der Waals surface area contributed by atoms with Gasteiger partial charge in [-0.1, -0.05) is 24.6 Å². The van der Waals surface area contributed by atoms with Gasteiger partial charge in [0.2, 0.25) is 0 Å². The van der Waals surface area contributed by atoms with Crippen LogP contribution in [-0.4, -0.2) is 38.3 Å². The van der Waals surface area contributed by atoms with Crippen molar-refractivity contribution in [3.8, 4) is 16.9 Å². The summed E-state index contributed by atoms with van der Waals surface area (Å²) < 4.78 is 15.2. The van der Waals surface area contributed by atoms with Crippen LogP contribution in [0.5, 0.6) is 0 Å². The third-order valence-corrected chi connectivity index (χ3v) is 5.20. The van der Waals surface area contributed by atoms with Crippen LogP contribution >= 0.6 is 0 Å². The van der Waals surface area contributed by atoms with E-state index >= 15 is 0 Å². The lowest BCUT2D eigenvalue weighted by Gasteiger charge is -2.32. The maximum absolute atomic E-state index is 13.4. The Hall–Kier alpha value is -2.99. The van der Waals surface area contributed by atoms with Gasteiger partial charge < -0.3 is 5.11 Å². The predicted octanol–water partition coefficient (Wildman–Crippen LogP) is 4.12. The number of carboxylic acid groups (broad SMARTS) is 1. The first-order chi connectivity index (χ1) is 13.6. The molecule has 1 saturated heterocycles. The van der Waals surface area contributed by atoms with Crippen LogP contribution in [0.2, 0.25) is 0 Å². The molecular weight excluding hydrogens is 357 g/mol. The van der Waals surface area contributed by atoms with E-state index in [0.29, 0.717) is 13.0 Å². The lowest BCUT2D eigenvalue weighted by Crippen LogP contribution is -2.44. The maximum Gasteiger partial charge on any atom is 0.320 e. The number of aliphatic carboxylic acids is 1. The predicted molar refractivity (Wildman–Crippen MR) is 105 cm³/mol. The largest absolute Gasteiger partial charge is 0.480 e. The van der Waals surface area contributed by atoms with Crippen molar-refractivity contribution in [3.63, 3.8) is 0 Å². The van der Waals surface area contributed by atoms with Gasteiger partial charge in [0.05, 0.1) is 11.4 Å². The number of nitrogens with zero attached hydrogens (tertiary/aromatic N) is 3. The van der Waals surface area contributed by atoms with Crippen LogP contribution in [0, 0.1) is 5.82 Å². The van der Waals surface area contributed by atoms with Crippen molar-refractivity contribution in [1.29, 1.82) is 0 Å². The monoisotopic (exact) mass is 379 g/mol. The molecule has 2 heterocycles. The average Bonchev–Trinajstić information content (AvgIpc) is 3.13. The number of halogens is 1. The first kappa shape index (κ1) is 18.4. The van der Waals surface area contributed by atoms with E-state index in [1.54, 1.807) is 16.8 Å². The summed E-state index contributed by atoms with van der Waals surface area (Å²) in [5.41, 5.74) is 3.42. The summed E-state index contributed by atoms with van der Waals surface area (Å²) in [5, 5.41) is 14.3. The third-order valence-electron chi connectivity index (χ3n) is 5.20. The van der Waals surface area contributed by atoms with E-state index in [0.717, 1.165) is 41.9 Å². The summed E-state index contributed by atoms with van der Waals surface area (Å²) >= 11 is 0. The number of likely N-dealkylation sites (tertiary alicyclic amines) is 1. The zero-order valence-corrected chi connectivity index (χ0v) is 15.5. The molecule has 3 aromatic rings. The zero-order chi connectivity index (χ0) is 19.5. The van der Waals surface area contributed by atoms with Gasteiger partial charge >= 0.3 is 5.97 Å². The number of benzene rings is 2. The highest BCUT2D eigenvalue weighted by molar-refractivity contribution is 5.73. The van der Waals surface area contributed by atoms with Crippen LogP contribution in [0.1, 0.15) is 24.8 Å². The standard InChI is InChI=1S/C22H22FN3O2/c23-18-11-9-16(10-12-18)21-17(14-25-13-5-4-8-20(25)22(27)28)15-26(24-21)19-6-2-1-3-7-19/h1-3,6-7,9-12,15,20H,4-5,8,13-14H2,(H,27,28). The molecule has 28 heavy (non-hydrogen) atoms. The Balaban J connectivity index is 1.73. The molecule has 1 N–H and O–H groups in total. The minimum atomic E-state index is -0.779. The van der Waals surface area contributed by atoms with Crippen molar-refractivity contribution in [2.75, 3.05) is 6.54 Å². The second-order valence-electron chi connectivity index (χ2n) is 7.11. The molecule has 1 fully saturated rings. The van der Waals surface area contributed by atoms with E-state index in [-0.39, 0.29) is 5.82 Å². The fourth-order valence-electron chi connectivity index (χ4n) is 3.77. The first-order valence-corrected chi connectivity index (χ1v) is 9.48. The molecule has 1 atom stereocenters. The molecule has 2 aromatic carbocycles. The van der Waals surface area contributed by atoms with Crippen molar-refractivity contribution in [2.24, 2.45) is 0 Å². The van der Waals surface area contributed by atoms with E-state index in [1.807, 2.05) is 41.4 Å². The van der Waals surface area contributed by atoms with E-state index in [2.05, 4.69) is 0 Å². The molecule has 144 valence electrons. The number of carboxylic acids is 1. The number of aromatic nitrogens is 2. The molecule has 0 saturated carbocycles. The van der Waals surface area contributed by atoms with Crippen LogP contribution in [0.4, 0.5) is 4.39 Å². The summed E-state index contributed by atoms with van der Waals surface area (Å²) in [5.74, 6) is -1.08. The zero-order valence-electron chi connectivity index (χ0n) is 15.5. The number of hydrogen-bond acceptors (Lipinski definition) is 3. The maximum atomic E-state index is 13.4. The topological polar surface area (TPSA) is 58.4 Å². The molecule has 0 amide bonds. The van der Waals surface area contributed by atoms with Crippen molar-refractivity contribution in [1.82, 2.24) is 14.7 Å². The molecule has 0 spiro atoms. The Kier molecular flexibility index (Phi) is 5.21.